The molecule has 2 aliphatic rings. The maximum absolute atomic E-state index is 3.64. The second-order valence-electron chi connectivity index (χ2n) is 5.96. The molecular weight excluding hydrogens is 216 g/mol. The molecule has 0 amide bonds. The third-order valence-corrected chi connectivity index (χ3v) is 4.78. The largest absolute Gasteiger partial charge is 0.310 e. The van der Waals surface area contributed by atoms with Crippen molar-refractivity contribution in [2.24, 2.45) is 5.92 Å². The Labute approximate surface area is 105 Å². The third kappa shape index (κ3) is 3.94. The van der Waals surface area contributed by atoms with Gasteiger partial charge in [0.15, 0.2) is 0 Å². The first-order valence-corrected chi connectivity index (χ1v) is 7.86. The van der Waals surface area contributed by atoms with Gasteiger partial charge in [-0.15, -0.1) is 0 Å². The fourth-order valence-corrected chi connectivity index (χ4v) is 4.08. The summed E-state index contributed by atoms with van der Waals surface area (Å²) in [5, 5.41) is 3.64. The van der Waals surface area contributed by atoms with Gasteiger partial charge in [-0.05, 0) is 63.6 Å². The quantitative estimate of drug-likeness (QED) is 0.799. The molecule has 0 atom stereocenters. The lowest BCUT2D eigenvalue weighted by molar-refractivity contribution is 0.195. The molecule has 2 fully saturated rings. The van der Waals surface area contributed by atoms with Gasteiger partial charge in [0.25, 0.3) is 0 Å². The molecule has 1 N–H and O–H groups in total. The minimum atomic E-state index is 0.305. The van der Waals surface area contributed by atoms with E-state index in [9.17, 15) is 0 Å². The van der Waals surface area contributed by atoms with Gasteiger partial charge in [0.2, 0.25) is 0 Å². The normalized spacial score (nSPS) is 28.9. The summed E-state index contributed by atoms with van der Waals surface area (Å²) in [6.45, 7) is 9.70. The van der Waals surface area contributed by atoms with Crippen LogP contribution >= 0.6 is 11.8 Å². The van der Waals surface area contributed by atoms with Crippen molar-refractivity contribution in [1.29, 1.82) is 0 Å². The molecule has 0 aromatic rings. The number of nitrogens with one attached hydrogen (secondary N) is 1. The second-order valence-corrected chi connectivity index (χ2v) is 7.18. The van der Waals surface area contributed by atoms with Gasteiger partial charge in [0.1, 0.15) is 0 Å². The van der Waals surface area contributed by atoms with Crippen LogP contribution in [0.2, 0.25) is 0 Å². The molecule has 0 radical (unpaired) electrons. The summed E-state index contributed by atoms with van der Waals surface area (Å²) < 4.78 is 0. The summed E-state index contributed by atoms with van der Waals surface area (Å²) in [5.41, 5.74) is 0.305. The Morgan fingerprint density at radius 3 is 2.81 bits per heavy atom. The molecule has 2 nitrogen and oxygen atoms in total. The predicted molar refractivity (Wildman–Crippen MR) is 73.2 cm³/mol. The van der Waals surface area contributed by atoms with Crippen LogP contribution in [0.3, 0.4) is 0 Å². The van der Waals surface area contributed by atoms with Gasteiger partial charge in [0, 0.05) is 18.6 Å². The zero-order valence-corrected chi connectivity index (χ0v) is 11.6. The van der Waals surface area contributed by atoms with Crippen molar-refractivity contribution in [1.82, 2.24) is 10.2 Å². The summed E-state index contributed by atoms with van der Waals surface area (Å²) in [5.74, 6) is 3.75. The van der Waals surface area contributed by atoms with E-state index in [2.05, 4.69) is 35.8 Å². The third-order valence-electron chi connectivity index (χ3n) is 3.73. The molecular formula is C13H26N2S. The molecule has 2 aliphatic heterocycles. The van der Waals surface area contributed by atoms with Gasteiger partial charge in [-0.25, -0.2) is 0 Å². The highest BCUT2D eigenvalue weighted by atomic mass is 32.2. The highest BCUT2D eigenvalue weighted by Crippen LogP contribution is 2.24. The average Bonchev–Trinajstić information content (AvgIpc) is 2.40. The van der Waals surface area contributed by atoms with Crippen LogP contribution in [0, 0.1) is 5.92 Å². The van der Waals surface area contributed by atoms with Gasteiger partial charge in [0.05, 0.1) is 0 Å². The van der Waals surface area contributed by atoms with Crippen LogP contribution in [0.1, 0.15) is 33.1 Å². The molecule has 2 rings (SSSR count). The van der Waals surface area contributed by atoms with E-state index >= 15 is 0 Å². The molecule has 2 heterocycles. The number of hydrogen-bond acceptors (Lipinski definition) is 3. The van der Waals surface area contributed by atoms with Crippen LogP contribution < -0.4 is 5.32 Å². The Bertz CT molecular complexity index is 212. The Morgan fingerprint density at radius 2 is 2.06 bits per heavy atom. The summed E-state index contributed by atoms with van der Waals surface area (Å²) >= 11 is 2.13. The average molecular weight is 242 g/mol. The fourth-order valence-electron chi connectivity index (χ4n) is 2.87. The zero-order valence-electron chi connectivity index (χ0n) is 10.8. The molecule has 0 aromatic carbocycles. The van der Waals surface area contributed by atoms with E-state index in [0.29, 0.717) is 5.54 Å². The summed E-state index contributed by atoms with van der Waals surface area (Å²) in [6, 6.07) is 0. The summed E-state index contributed by atoms with van der Waals surface area (Å²) in [4.78, 5) is 2.70. The fraction of sp³-hybridized carbons (Fsp3) is 1.00. The highest BCUT2D eigenvalue weighted by molar-refractivity contribution is 7.99. The Hall–Kier alpha value is 0.270. The van der Waals surface area contributed by atoms with Crippen molar-refractivity contribution in [3.63, 3.8) is 0 Å². The van der Waals surface area contributed by atoms with Crippen LogP contribution in [0.5, 0.6) is 0 Å². The number of rotatable bonds is 2. The van der Waals surface area contributed by atoms with Gasteiger partial charge in [-0.1, -0.05) is 0 Å². The van der Waals surface area contributed by atoms with Crippen molar-refractivity contribution in [2.75, 3.05) is 37.7 Å². The zero-order chi connectivity index (χ0) is 11.4. The predicted octanol–water partition coefficient (Wildman–Crippen LogP) is 2.20. The van der Waals surface area contributed by atoms with E-state index in [1.165, 1.54) is 56.9 Å². The topological polar surface area (TPSA) is 15.3 Å². The van der Waals surface area contributed by atoms with Crippen molar-refractivity contribution in [3.05, 3.63) is 0 Å². The van der Waals surface area contributed by atoms with Gasteiger partial charge < -0.3 is 10.2 Å². The van der Waals surface area contributed by atoms with Crippen LogP contribution in [-0.2, 0) is 0 Å². The van der Waals surface area contributed by atoms with Crippen LogP contribution in [0.15, 0.2) is 0 Å². The molecule has 0 bridgehead atoms. The van der Waals surface area contributed by atoms with E-state index in [0.717, 1.165) is 5.92 Å². The van der Waals surface area contributed by atoms with E-state index in [1.54, 1.807) is 0 Å². The van der Waals surface area contributed by atoms with Gasteiger partial charge in [-0.2, -0.15) is 11.8 Å². The Balaban J connectivity index is 1.82. The Morgan fingerprint density at radius 1 is 1.31 bits per heavy atom. The van der Waals surface area contributed by atoms with Crippen molar-refractivity contribution in [2.45, 2.75) is 38.6 Å². The van der Waals surface area contributed by atoms with E-state index in [1.807, 2.05) is 0 Å². The number of thioether (sulfide) groups is 1. The van der Waals surface area contributed by atoms with Crippen molar-refractivity contribution >= 4 is 11.8 Å². The maximum atomic E-state index is 3.64. The minimum absolute atomic E-state index is 0.305. The summed E-state index contributed by atoms with van der Waals surface area (Å²) in [7, 11) is 0. The molecule has 0 aromatic heterocycles. The Kier molecular flexibility index (Phi) is 4.57. The van der Waals surface area contributed by atoms with E-state index in [-0.39, 0.29) is 0 Å². The van der Waals surface area contributed by atoms with E-state index < -0.39 is 0 Å². The smallest absolute Gasteiger partial charge is 0.0252 e. The van der Waals surface area contributed by atoms with Gasteiger partial charge in [-0.3, -0.25) is 0 Å². The molecule has 0 unspecified atom stereocenters. The van der Waals surface area contributed by atoms with E-state index in [4.69, 9.17) is 0 Å². The minimum Gasteiger partial charge on any atom is -0.310 e. The monoisotopic (exact) mass is 242 g/mol. The lowest BCUT2D eigenvalue weighted by Gasteiger charge is -2.33. The molecule has 2 saturated heterocycles. The van der Waals surface area contributed by atoms with Crippen molar-refractivity contribution in [3.8, 4) is 0 Å². The summed E-state index contributed by atoms with van der Waals surface area (Å²) in [6.07, 6.45) is 4.19. The standard InChI is InChI=1S/C13H26N2S/c1-13(2)11-15(7-3-6-14-13)10-12-4-8-16-9-5-12/h12,14H,3-11H2,1-2H3. The first-order chi connectivity index (χ1) is 7.66. The highest BCUT2D eigenvalue weighted by Gasteiger charge is 2.26. The molecule has 0 saturated carbocycles. The molecule has 0 aliphatic carbocycles. The first-order valence-electron chi connectivity index (χ1n) is 6.71. The first kappa shape index (κ1) is 12.7. The SMILES string of the molecule is CC1(C)CN(CC2CCSCC2)CCCN1. The molecule has 3 heteroatoms. The van der Waals surface area contributed by atoms with Crippen LogP contribution in [0.25, 0.3) is 0 Å². The number of hydrogen-bond donors (Lipinski definition) is 1. The molecule has 0 spiro atoms. The van der Waals surface area contributed by atoms with Crippen LogP contribution in [0.4, 0.5) is 0 Å². The lowest BCUT2D eigenvalue weighted by Crippen LogP contribution is -2.47. The second kappa shape index (κ2) is 5.74. The lowest BCUT2D eigenvalue weighted by atomic mass is 10.0. The number of nitrogens with zero attached hydrogens (tertiary/aromatic N) is 1. The molecule has 16 heavy (non-hydrogen) atoms. The van der Waals surface area contributed by atoms with Crippen molar-refractivity contribution < 1.29 is 0 Å². The van der Waals surface area contributed by atoms with Crippen LogP contribution in [-0.4, -0.2) is 48.1 Å². The molecule has 94 valence electrons. The maximum Gasteiger partial charge on any atom is 0.0252 e. The van der Waals surface area contributed by atoms with Gasteiger partial charge >= 0.3 is 0 Å².